The van der Waals surface area contributed by atoms with E-state index in [4.69, 9.17) is 4.74 Å². The quantitative estimate of drug-likeness (QED) is 0.720. The van der Waals surface area contributed by atoms with Gasteiger partial charge in [-0.1, -0.05) is 32.9 Å². The highest BCUT2D eigenvalue weighted by atomic mass is 127. The molecule has 2 rings (SSSR count). The molecule has 2 aromatic carbocycles. The van der Waals surface area contributed by atoms with Gasteiger partial charge >= 0.3 is 21.2 Å². The summed E-state index contributed by atoms with van der Waals surface area (Å²) < 4.78 is 8.33. The first-order valence-corrected chi connectivity index (χ1v) is 9.37. The first-order valence-electron chi connectivity index (χ1n) is 7.22. The molecule has 0 radical (unpaired) electrons. The summed E-state index contributed by atoms with van der Waals surface area (Å²) in [6, 6.07) is 13.5. The summed E-state index contributed by atoms with van der Waals surface area (Å²) in [5.74, 6) is 0.959. The second kappa shape index (κ2) is 6.39. The number of methoxy groups -OCH3 is 1. The number of benzene rings is 2. The minimum Gasteiger partial charge on any atom is -0.497 e. The lowest BCUT2D eigenvalue weighted by Crippen LogP contribution is -3.62. The highest BCUT2D eigenvalue weighted by Crippen LogP contribution is 2.21. The zero-order valence-corrected chi connectivity index (χ0v) is 15.9. The highest BCUT2D eigenvalue weighted by Gasteiger charge is 2.23. The normalized spacial score (nSPS) is 11.5. The standard InChI is InChI=1S/C19H24IO/c1-13-11-17(21-6)12-14(2)18(13)20-16-9-7-15(8-10-16)19(3,4)5/h7-12H,1-6H3/q+1. The van der Waals surface area contributed by atoms with Crippen molar-refractivity contribution in [1.82, 2.24) is 0 Å². The molecule has 0 spiro atoms. The van der Waals surface area contributed by atoms with Crippen molar-refractivity contribution in [3.63, 3.8) is 0 Å². The number of halogens is 1. The van der Waals surface area contributed by atoms with Gasteiger partial charge in [-0.05, 0) is 49.1 Å². The van der Waals surface area contributed by atoms with Crippen LogP contribution >= 0.6 is 0 Å². The Labute approximate surface area is 139 Å². The van der Waals surface area contributed by atoms with Gasteiger partial charge in [-0.3, -0.25) is 0 Å². The summed E-state index contributed by atoms with van der Waals surface area (Å²) in [6.45, 7) is 11.2. The van der Waals surface area contributed by atoms with Crippen LogP contribution in [0.25, 0.3) is 0 Å². The second-order valence-corrected chi connectivity index (χ2v) is 9.29. The molecule has 0 aliphatic rings. The van der Waals surface area contributed by atoms with E-state index >= 15 is 0 Å². The van der Waals surface area contributed by atoms with E-state index in [9.17, 15) is 0 Å². The molecule has 2 heteroatoms. The van der Waals surface area contributed by atoms with E-state index in [0.717, 1.165) is 5.75 Å². The van der Waals surface area contributed by atoms with E-state index in [1.54, 1.807) is 7.11 Å². The molecule has 0 fully saturated rings. The minimum atomic E-state index is -0.138. The van der Waals surface area contributed by atoms with Gasteiger partial charge in [0.1, 0.15) is 5.75 Å². The van der Waals surface area contributed by atoms with Crippen molar-refractivity contribution in [2.75, 3.05) is 7.11 Å². The van der Waals surface area contributed by atoms with Crippen LogP contribution in [0.15, 0.2) is 36.4 Å². The fourth-order valence-electron chi connectivity index (χ4n) is 2.30. The Hall–Kier alpha value is -1.03. The van der Waals surface area contributed by atoms with Gasteiger partial charge in [-0.2, -0.15) is 0 Å². The van der Waals surface area contributed by atoms with Crippen molar-refractivity contribution in [3.05, 3.63) is 60.2 Å². The molecule has 21 heavy (non-hydrogen) atoms. The molecule has 0 aliphatic carbocycles. The monoisotopic (exact) mass is 395 g/mol. The number of rotatable bonds is 3. The molecule has 1 nitrogen and oxygen atoms in total. The van der Waals surface area contributed by atoms with Gasteiger partial charge < -0.3 is 4.74 Å². The Morgan fingerprint density at radius 1 is 0.905 bits per heavy atom. The SMILES string of the molecule is COc1cc(C)c([I+]c2ccc(C(C)(C)C)cc2)c(C)c1. The summed E-state index contributed by atoms with van der Waals surface area (Å²) in [4.78, 5) is 0. The number of aryl methyl sites for hydroxylation is 2. The molecule has 0 saturated heterocycles. The van der Waals surface area contributed by atoms with E-state index in [2.05, 4.69) is 71.0 Å². The van der Waals surface area contributed by atoms with Crippen LogP contribution in [0.3, 0.4) is 0 Å². The maximum absolute atomic E-state index is 5.35. The van der Waals surface area contributed by atoms with Gasteiger partial charge in [0.15, 0.2) is 7.14 Å². The summed E-state index contributed by atoms with van der Waals surface area (Å²) in [5.41, 5.74) is 4.32. The number of hydrogen-bond acceptors (Lipinski definition) is 1. The van der Waals surface area contributed by atoms with Crippen LogP contribution in [0, 0.1) is 21.0 Å². The molecule has 0 aromatic heterocycles. The zero-order valence-electron chi connectivity index (χ0n) is 13.8. The van der Waals surface area contributed by atoms with Gasteiger partial charge in [0.2, 0.25) is 0 Å². The van der Waals surface area contributed by atoms with Crippen LogP contribution < -0.4 is 25.9 Å². The van der Waals surface area contributed by atoms with Gasteiger partial charge in [-0.25, -0.2) is 0 Å². The fourth-order valence-corrected chi connectivity index (χ4v) is 4.80. The van der Waals surface area contributed by atoms with Gasteiger partial charge in [-0.15, -0.1) is 0 Å². The van der Waals surface area contributed by atoms with Crippen molar-refractivity contribution >= 4 is 0 Å². The highest BCUT2D eigenvalue weighted by molar-refractivity contribution is 5.32. The predicted octanol–water partition coefficient (Wildman–Crippen LogP) is 1.74. The number of ether oxygens (including phenoxy) is 1. The van der Waals surface area contributed by atoms with Crippen LogP contribution in [0.1, 0.15) is 37.5 Å². The average Bonchev–Trinajstić information content (AvgIpc) is 2.42. The predicted molar refractivity (Wildman–Crippen MR) is 85.0 cm³/mol. The number of hydrogen-bond donors (Lipinski definition) is 0. The summed E-state index contributed by atoms with van der Waals surface area (Å²) in [7, 11) is 1.73. The third-order valence-corrected chi connectivity index (χ3v) is 7.14. The van der Waals surface area contributed by atoms with Gasteiger partial charge in [0.25, 0.3) is 0 Å². The van der Waals surface area contributed by atoms with Gasteiger partial charge in [0, 0.05) is 11.1 Å². The zero-order chi connectivity index (χ0) is 15.6. The van der Waals surface area contributed by atoms with Crippen molar-refractivity contribution in [3.8, 4) is 5.75 Å². The van der Waals surface area contributed by atoms with Gasteiger partial charge in [0.05, 0.1) is 7.11 Å². The molecule has 0 unspecified atom stereocenters. The molecule has 0 aliphatic heterocycles. The third kappa shape index (κ3) is 4.00. The first-order chi connectivity index (χ1) is 9.81. The van der Waals surface area contributed by atoms with E-state index in [0.29, 0.717) is 0 Å². The molecule has 0 amide bonds. The molecule has 0 heterocycles. The lowest BCUT2D eigenvalue weighted by molar-refractivity contribution is -0.598. The Kier molecular flexibility index (Phi) is 4.97. The Morgan fingerprint density at radius 3 is 1.86 bits per heavy atom. The molecule has 2 aromatic rings. The molecule has 0 saturated carbocycles. The van der Waals surface area contributed by atoms with E-state index in [1.807, 2.05) is 0 Å². The van der Waals surface area contributed by atoms with Crippen molar-refractivity contribution in [2.45, 2.75) is 40.0 Å². The molecule has 0 N–H and O–H groups in total. The molecular weight excluding hydrogens is 371 g/mol. The molecule has 0 atom stereocenters. The van der Waals surface area contributed by atoms with Crippen LogP contribution in [-0.2, 0) is 5.41 Å². The second-order valence-electron chi connectivity index (χ2n) is 6.43. The summed E-state index contributed by atoms with van der Waals surface area (Å²) >= 11 is -0.138. The average molecular weight is 395 g/mol. The first kappa shape index (κ1) is 16.3. The summed E-state index contributed by atoms with van der Waals surface area (Å²) in [6.07, 6.45) is 0. The Morgan fingerprint density at radius 2 is 1.43 bits per heavy atom. The lowest BCUT2D eigenvalue weighted by Gasteiger charge is -2.18. The van der Waals surface area contributed by atoms with Crippen molar-refractivity contribution < 1.29 is 25.9 Å². The molecular formula is C19H24IO+. The lowest BCUT2D eigenvalue weighted by atomic mass is 9.87. The van der Waals surface area contributed by atoms with Crippen molar-refractivity contribution in [2.24, 2.45) is 0 Å². The van der Waals surface area contributed by atoms with E-state index in [1.165, 1.54) is 23.8 Å². The maximum Gasteiger partial charge on any atom is 0.358 e. The smallest absolute Gasteiger partial charge is 0.358 e. The molecule has 112 valence electrons. The summed E-state index contributed by atoms with van der Waals surface area (Å²) in [5, 5.41) is 0. The topological polar surface area (TPSA) is 9.23 Å². The fraction of sp³-hybridized carbons (Fsp3) is 0.368. The minimum absolute atomic E-state index is 0.138. The van der Waals surface area contributed by atoms with Crippen LogP contribution in [0.4, 0.5) is 0 Å². The van der Waals surface area contributed by atoms with E-state index in [-0.39, 0.29) is 26.6 Å². The Bertz CT molecular complexity index is 598. The van der Waals surface area contributed by atoms with Crippen LogP contribution in [0.2, 0.25) is 0 Å². The van der Waals surface area contributed by atoms with Crippen LogP contribution in [-0.4, -0.2) is 7.11 Å². The largest absolute Gasteiger partial charge is 0.497 e. The molecule has 0 bridgehead atoms. The van der Waals surface area contributed by atoms with Crippen LogP contribution in [0.5, 0.6) is 5.75 Å². The van der Waals surface area contributed by atoms with Crippen molar-refractivity contribution in [1.29, 1.82) is 0 Å². The third-order valence-electron chi connectivity index (χ3n) is 3.56. The maximum atomic E-state index is 5.35. The van der Waals surface area contributed by atoms with E-state index < -0.39 is 0 Å². The Balaban J connectivity index is 2.26.